The summed E-state index contributed by atoms with van der Waals surface area (Å²) < 4.78 is 31.0. The van der Waals surface area contributed by atoms with E-state index in [1.54, 1.807) is 12.1 Å². The average molecular weight is 451 g/mol. The molecular formula is C25H46MgO3S. The summed E-state index contributed by atoms with van der Waals surface area (Å²) in [6, 6.07) is 6.57. The second-order valence-corrected chi connectivity index (χ2v) is 9.95. The summed E-state index contributed by atoms with van der Waals surface area (Å²) >= 11 is 0. The molecule has 0 saturated heterocycles. The van der Waals surface area contributed by atoms with Gasteiger partial charge in [-0.15, -0.1) is 0 Å². The number of aryl methyl sites for hydroxylation is 1. The van der Waals surface area contributed by atoms with Crippen molar-refractivity contribution in [3.63, 3.8) is 0 Å². The van der Waals surface area contributed by atoms with Crippen molar-refractivity contribution in [2.75, 3.05) is 0 Å². The molecule has 0 saturated carbocycles. The summed E-state index contributed by atoms with van der Waals surface area (Å²) in [4.78, 5) is -0.0244. The monoisotopic (exact) mass is 450 g/mol. The number of rotatable bonds is 19. The van der Waals surface area contributed by atoms with E-state index in [1.807, 2.05) is 0 Å². The molecule has 0 aromatic heterocycles. The second kappa shape index (κ2) is 19.6. The van der Waals surface area contributed by atoms with Gasteiger partial charge in [-0.2, -0.15) is 8.42 Å². The molecule has 0 unspecified atom stereocenters. The van der Waals surface area contributed by atoms with E-state index in [0.29, 0.717) is 0 Å². The maximum atomic E-state index is 11.0. The van der Waals surface area contributed by atoms with Gasteiger partial charge in [0.1, 0.15) is 0 Å². The molecule has 1 rings (SSSR count). The Morgan fingerprint density at radius 3 is 1.30 bits per heavy atom. The van der Waals surface area contributed by atoms with Gasteiger partial charge in [-0.05, 0) is 30.5 Å². The van der Waals surface area contributed by atoms with Gasteiger partial charge in [0.05, 0.1) is 4.90 Å². The van der Waals surface area contributed by atoms with Crippen LogP contribution in [0.25, 0.3) is 0 Å². The summed E-state index contributed by atoms with van der Waals surface area (Å²) in [6.45, 7) is 2.28. The van der Waals surface area contributed by atoms with Crippen LogP contribution in [0, 0.1) is 0 Å². The van der Waals surface area contributed by atoms with Crippen molar-refractivity contribution in [1.29, 1.82) is 0 Å². The molecule has 30 heavy (non-hydrogen) atoms. The topological polar surface area (TPSA) is 54.4 Å². The maximum Gasteiger partial charge on any atom is 2.00 e. The Kier molecular flexibility index (Phi) is 19.5. The Morgan fingerprint density at radius 1 is 0.633 bits per heavy atom. The summed E-state index contributed by atoms with van der Waals surface area (Å²) in [6.07, 6.45) is 24.3. The third kappa shape index (κ3) is 16.6. The van der Waals surface area contributed by atoms with Gasteiger partial charge >= 0.3 is 23.1 Å². The van der Waals surface area contributed by atoms with Crippen molar-refractivity contribution >= 4 is 33.2 Å². The fourth-order valence-electron chi connectivity index (χ4n) is 3.88. The minimum Gasteiger partial charge on any atom is -1.00 e. The van der Waals surface area contributed by atoms with E-state index >= 15 is 0 Å². The predicted molar refractivity (Wildman–Crippen MR) is 132 cm³/mol. The second-order valence-electron chi connectivity index (χ2n) is 8.53. The number of benzene rings is 1. The molecule has 3 nitrogen and oxygen atoms in total. The molecule has 0 atom stereocenters. The normalized spacial score (nSPS) is 11.4. The van der Waals surface area contributed by atoms with Crippen LogP contribution in [-0.2, 0) is 16.5 Å². The molecule has 0 bridgehead atoms. The van der Waals surface area contributed by atoms with E-state index in [0.717, 1.165) is 18.4 Å². The Hall–Kier alpha value is -0.104. The first-order chi connectivity index (χ1) is 14.0. The van der Waals surface area contributed by atoms with Gasteiger partial charge in [-0.1, -0.05) is 122 Å². The van der Waals surface area contributed by atoms with Crippen LogP contribution in [0.1, 0.15) is 124 Å². The van der Waals surface area contributed by atoms with E-state index in [2.05, 4.69) is 6.92 Å². The Morgan fingerprint density at radius 2 is 0.967 bits per heavy atom. The van der Waals surface area contributed by atoms with Crippen LogP contribution >= 0.6 is 0 Å². The van der Waals surface area contributed by atoms with Crippen LogP contribution in [0.3, 0.4) is 0 Å². The van der Waals surface area contributed by atoms with E-state index in [-0.39, 0.29) is 30.8 Å². The molecule has 5 heteroatoms. The van der Waals surface area contributed by atoms with E-state index in [9.17, 15) is 8.42 Å². The van der Waals surface area contributed by atoms with Gasteiger partial charge in [0.25, 0.3) is 10.1 Å². The number of hydrogen-bond acceptors (Lipinski definition) is 2. The van der Waals surface area contributed by atoms with Crippen LogP contribution in [-0.4, -0.2) is 36.0 Å². The predicted octanol–water partition coefficient (Wildman–Crippen LogP) is 7.97. The first kappa shape index (κ1) is 29.9. The third-order valence-corrected chi connectivity index (χ3v) is 6.66. The number of hydrogen-bond donors (Lipinski definition) is 1. The largest absolute Gasteiger partial charge is 2.00 e. The van der Waals surface area contributed by atoms with Crippen molar-refractivity contribution in [3.8, 4) is 0 Å². The standard InChI is InChI=1S/C25H44O3S.Mg.2H/c1-2-3-4-5-6-7-8-9-10-11-12-13-14-15-16-17-18-19-24-20-22-25(23-21-24)29(26,27)28;;;/h20-23H,2-19H2,1H3,(H,26,27,28);;;/q;+2;2*-1. The van der Waals surface area contributed by atoms with Crippen molar-refractivity contribution in [3.05, 3.63) is 29.8 Å². The van der Waals surface area contributed by atoms with Crippen molar-refractivity contribution < 1.29 is 15.8 Å². The van der Waals surface area contributed by atoms with Crippen molar-refractivity contribution in [1.82, 2.24) is 0 Å². The Balaban J connectivity index is -0.00000280. The summed E-state index contributed by atoms with van der Waals surface area (Å²) in [5.74, 6) is 0. The number of unbranched alkanes of at least 4 members (excludes halogenated alkanes) is 16. The zero-order chi connectivity index (χ0) is 21.2. The summed E-state index contributed by atoms with van der Waals surface area (Å²) in [5, 5.41) is 0. The summed E-state index contributed by atoms with van der Waals surface area (Å²) in [5.41, 5.74) is 1.14. The van der Waals surface area contributed by atoms with Crippen LogP contribution in [0.2, 0.25) is 0 Å². The Labute approximate surface area is 205 Å². The molecule has 0 aliphatic heterocycles. The molecule has 0 aliphatic rings. The van der Waals surface area contributed by atoms with Crippen LogP contribution in [0.5, 0.6) is 0 Å². The SMILES string of the molecule is CCCCCCCCCCCCCCCCCCCc1ccc(S(=O)(=O)O)cc1.[H-].[H-].[Mg+2]. The average Bonchev–Trinajstić information content (AvgIpc) is 2.70. The van der Waals surface area contributed by atoms with E-state index in [1.165, 1.54) is 115 Å². The van der Waals surface area contributed by atoms with Crippen LogP contribution in [0.15, 0.2) is 29.2 Å². The smallest absolute Gasteiger partial charge is 1.00 e. The maximum absolute atomic E-state index is 11.0. The van der Waals surface area contributed by atoms with Gasteiger partial charge in [0, 0.05) is 0 Å². The fourth-order valence-corrected chi connectivity index (χ4v) is 4.36. The van der Waals surface area contributed by atoms with Gasteiger partial charge in [-0.25, -0.2) is 0 Å². The van der Waals surface area contributed by atoms with Crippen molar-refractivity contribution in [2.24, 2.45) is 0 Å². The minimum absolute atomic E-state index is 0. The molecule has 0 spiro atoms. The first-order valence-electron chi connectivity index (χ1n) is 12.1. The van der Waals surface area contributed by atoms with Gasteiger partial charge in [0.2, 0.25) is 0 Å². The zero-order valence-electron chi connectivity index (χ0n) is 21.4. The molecule has 172 valence electrons. The molecule has 0 fully saturated rings. The molecular weight excluding hydrogens is 405 g/mol. The van der Waals surface area contributed by atoms with E-state index in [4.69, 9.17) is 4.55 Å². The van der Waals surface area contributed by atoms with Crippen LogP contribution < -0.4 is 0 Å². The fraction of sp³-hybridized carbons (Fsp3) is 0.760. The van der Waals surface area contributed by atoms with Crippen molar-refractivity contribution in [2.45, 2.75) is 127 Å². The zero-order valence-corrected chi connectivity index (χ0v) is 21.6. The third-order valence-electron chi connectivity index (χ3n) is 5.79. The molecule has 0 radical (unpaired) electrons. The first-order valence-corrected chi connectivity index (χ1v) is 13.5. The van der Waals surface area contributed by atoms with Gasteiger partial charge in [-0.3, -0.25) is 4.55 Å². The Bertz CT molecular complexity index is 610. The minimum atomic E-state index is -4.07. The molecule has 0 amide bonds. The molecule has 1 N–H and O–H groups in total. The van der Waals surface area contributed by atoms with Crippen LogP contribution in [0.4, 0.5) is 0 Å². The molecule has 1 aromatic rings. The van der Waals surface area contributed by atoms with Gasteiger partial charge in [0.15, 0.2) is 0 Å². The van der Waals surface area contributed by atoms with E-state index < -0.39 is 10.1 Å². The quantitative estimate of drug-likeness (QED) is 0.132. The summed E-state index contributed by atoms with van der Waals surface area (Å²) in [7, 11) is -4.07. The molecule has 0 aliphatic carbocycles. The molecule has 0 heterocycles. The molecule has 1 aromatic carbocycles. The van der Waals surface area contributed by atoms with Gasteiger partial charge < -0.3 is 2.85 Å².